The Balaban J connectivity index is 3.00. The Bertz CT molecular complexity index is 900. The lowest BCUT2D eigenvalue weighted by Gasteiger charge is -2.22. The quantitative estimate of drug-likeness (QED) is 0.292. The molecular formula is C27H41NO8. The summed E-state index contributed by atoms with van der Waals surface area (Å²) in [6, 6.07) is 3.70. The third-order valence-corrected chi connectivity index (χ3v) is 5.95. The van der Waals surface area contributed by atoms with Crippen molar-refractivity contribution in [3.8, 4) is 11.5 Å². The molecule has 36 heavy (non-hydrogen) atoms. The lowest BCUT2D eigenvalue weighted by Crippen LogP contribution is -2.39. The van der Waals surface area contributed by atoms with Crippen LogP contribution in [0, 0.1) is 11.8 Å². The number of hydrogen-bond acceptors (Lipinski definition) is 9. The summed E-state index contributed by atoms with van der Waals surface area (Å²) in [7, 11) is 0. The fourth-order valence-electron chi connectivity index (χ4n) is 3.09. The number of hydrogen-bond donors (Lipinski definition) is 1. The van der Waals surface area contributed by atoms with Gasteiger partial charge in [-0.05, 0) is 49.8 Å². The second-order valence-corrected chi connectivity index (χ2v) is 9.43. The molecule has 2 N–H and O–H groups in total. The first kappa shape index (κ1) is 31.1. The summed E-state index contributed by atoms with van der Waals surface area (Å²) in [5.74, 6) is -1.50. The molecule has 0 saturated carbocycles. The minimum absolute atomic E-state index is 0.0878. The average Bonchev–Trinajstić information content (AvgIpc) is 2.79. The Labute approximate surface area is 214 Å². The summed E-state index contributed by atoms with van der Waals surface area (Å²) in [6.07, 6.45) is 0.875. The largest absolute Gasteiger partial charge is 0.459 e. The monoisotopic (exact) mass is 507 g/mol. The highest BCUT2D eigenvalue weighted by Crippen LogP contribution is 2.30. The van der Waals surface area contributed by atoms with Gasteiger partial charge in [0.25, 0.3) is 0 Å². The van der Waals surface area contributed by atoms with Gasteiger partial charge in [0.05, 0.1) is 0 Å². The molecule has 1 aromatic carbocycles. The number of carbonyl (C=O) groups is 4. The SMILES string of the molecule is CCC(C)CC(=O)Oc1ccc(C[C@H](N)C(=O)O[C@@H](C)C(C)OC(C)=O)cc1OC(=O)CC(C)CC. The molecule has 0 spiro atoms. The van der Waals surface area contributed by atoms with Crippen LogP contribution < -0.4 is 15.2 Å². The molecule has 0 bridgehead atoms. The molecule has 0 fully saturated rings. The smallest absolute Gasteiger partial charge is 0.323 e. The molecule has 202 valence electrons. The molecule has 0 aliphatic carbocycles. The number of benzene rings is 1. The van der Waals surface area contributed by atoms with Gasteiger partial charge >= 0.3 is 23.9 Å². The summed E-state index contributed by atoms with van der Waals surface area (Å²) in [5.41, 5.74) is 6.64. The second kappa shape index (κ2) is 15.2. The van der Waals surface area contributed by atoms with Crippen molar-refractivity contribution in [1.29, 1.82) is 0 Å². The van der Waals surface area contributed by atoms with Crippen LogP contribution >= 0.6 is 0 Å². The van der Waals surface area contributed by atoms with Crippen molar-refractivity contribution in [1.82, 2.24) is 0 Å². The van der Waals surface area contributed by atoms with Crippen LogP contribution in [-0.4, -0.2) is 42.1 Å². The lowest BCUT2D eigenvalue weighted by molar-refractivity contribution is -0.164. The van der Waals surface area contributed by atoms with Crippen molar-refractivity contribution in [2.24, 2.45) is 17.6 Å². The van der Waals surface area contributed by atoms with Crippen LogP contribution in [-0.2, 0) is 35.1 Å². The minimum Gasteiger partial charge on any atom is -0.459 e. The van der Waals surface area contributed by atoms with Crippen molar-refractivity contribution in [3.63, 3.8) is 0 Å². The zero-order valence-corrected chi connectivity index (χ0v) is 22.5. The number of carbonyl (C=O) groups excluding carboxylic acids is 4. The second-order valence-electron chi connectivity index (χ2n) is 9.43. The van der Waals surface area contributed by atoms with E-state index in [4.69, 9.17) is 24.7 Å². The Kier molecular flexibility index (Phi) is 13.2. The van der Waals surface area contributed by atoms with Crippen LogP contribution in [0.5, 0.6) is 11.5 Å². The summed E-state index contributed by atoms with van der Waals surface area (Å²) >= 11 is 0. The molecule has 0 radical (unpaired) electrons. The van der Waals surface area contributed by atoms with E-state index in [0.717, 1.165) is 12.8 Å². The van der Waals surface area contributed by atoms with Gasteiger partial charge in [0, 0.05) is 19.8 Å². The third-order valence-electron chi connectivity index (χ3n) is 5.95. The molecule has 9 nitrogen and oxygen atoms in total. The highest BCUT2D eigenvalue weighted by atomic mass is 16.6. The Morgan fingerprint density at radius 2 is 1.31 bits per heavy atom. The summed E-state index contributed by atoms with van der Waals surface area (Å²) < 4.78 is 21.4. The topological polar surface area (TPSA) is 131 Å². The van der Waals surface area contributed by atoms with Crippen molar-refractivity contribution in [2.75, 3.05) is 0 Å². The molecule has 0 saturated heterocycles. The first-order valence-electron chi connectivity index (χ1n) is 12.5. The molecule has 0 aromatic heterocycles. The molecule has 9 heteroatoms. The molecular weight excluding hydrogens is 466 g/mol. The Morgan fingerprint density at radius 3 is 1.81 bits per heavy atom. The van der Waals surface area contributed by atoms with Gasteiger partial charge < -0.3 is 24.7 Å². The molecule has 0 aliphatic heterocycles. The lowest BCUT2D eigenvalue weighted by atomic mass is 10.0. The number of esters is 4. The molecule has 3 unspecified atom stereocenters. The van der Waals surface area contributed by atoms with Gasteiger partial charge in [0.2, 0.25) is 0 Å². The van der Waals surface area contributed by atoms with Crippen LogP contribution in [0.1, 0.15) is 79.7 Å². The van der Waals surface area contributed by atoms with E-state index < -0.39 is 42.1 Å². The Morgan fingerprint density at radius 1 is 0.806 bits per heavy atom. The van der Waals surface area contributed by atoms with Crippen molar-refractivity contribution in [3.05, 3.63) is 23.8 Å². The number of ether oxygens (including phenoxy) is 4. The predicted molar refractivity (Wildman–Crippen MR) is 134 cm³/mol. The van der Waals surface area contributed by atoms with Crippen molar-refractivity contribution in [2.45, 2.75) is 98.8 Å². The van der Waals surface area contributed by atoms with Crippen LogP contribution in [0.2, 0.25) is 0 Å². The molecule has 5 atom stereocenters. The van der Waals surface area contributed by atoms with Crippen molar-refractivity contribution >= 4 is 23.9 Å². The third kappa shape index (κ3) is 11.2. The first-order valence-corrected chi connectivity index (χ1v) is 12.5. The molecule has 0 aliphatic rings. The van der Waals surface area contributed by atoms with E-state index in [1.807, 2.05) is 27.7 Å². The van der Waals surface area contributed by atoms with Gasteiger partial charge in [-0.2, -0.15) is 0 Å². The van der Waals surface area contributed by atoms with Crippen LogP contribution in [0.15, 0.2) is 18.2 Å². The van der Waals surface area contributed by atoms with Gasteiger partial charge in [-0.3, -0.25) is 19.2 Å². The maximum atomic E-state index is 12.5. The first-order chi connectivity index (χ1) is 16.9. The zero-order valence-electron chi connectivity index (χ0n) is 22.5. The number of nitrogens with two attached hydrogens (primary N) is 1. The van der Waals surface area contributed by atoms with E-state index in [0.29, 0.717) is 5.56 Å². The van der Waals surface area contributed by atoms with E-state index in [2.05, 4.69) is 0 Å². The Hall–Kier alpha value is -2.94. The maximum absolute atomic E-state index is 12.5. The van der Waals surface area contributed by atoms with Crippen LogP contribution in [0.3, 0.4) is 0 Å². The van der Waals surface area contributed by atoms with E-state index >= 15 is 0 Å². The number of rotatable bonds is 14. The molecule has 1 aromatic rings. The minimum atomic E-state index is -1.01. The summed E-state index contributed by atoms with van der Waals surface area (Å²) in [5, 5.41) is 0. The van der Waals surface area contributed by atoms with Gasteiger partial charge in [0.15, 0.2) is 11.5 Å². The van der Waals surface area contributed by atoms with E-state index in [-0.39, 0.29) is 42.6 Å². The van der Waals surface area contributed by atoms with Crippen LogP contribution in [0.25, 0.3) is 0 Å². The predicted octanol–water partition coefficient (Wildman–Crippen LogP) is 4.12. The standard InChI is InChI=1S/C27H41NO8/c1-8-16(3)12-25(30)35-23-11-10-21(15-24(23)36-26(31)13-17(4)9-2)14-22(28)27(32)34-19(6)18(5)33-20(7)29/h10-11,15-19,22H,8-9,12-14,28H2,1-7H3/t16?,17?,18?,19-,22-/m0/s1. The average molecular weight is 508 g/mol. The molecule has 0 amide bonds. The van der Waals surface area contributed by atoms with E-state index in [9.17, 15) is 19.2 Å². The van der Waals surface area contributed by atoms with Crippen LogP contribution in [0.4, 0.5) is 0 Å². The summed E-state index contributed by atoms with van der Waals surface area (Å²) in [4.78, 5) is 48.4. The van der Waals surface area contributed by atoms with Crippen molar-refractivity contribution < 1.29 is 38.1 Å². The molecule has 1 rings (SSSR count). The van der Waals surface area contributed by atoms with E-state index in [1.54, 1.807) is 26.0 Å². The van der Waals surface area contributed by atoms with Gasteiger partial charge in [0.1, 0.15) is 18.2 Å². The van der Waals surface area contributed by atoms with Gasteiger partial charge in [-0.15, -0.1) is 0 Å². The molecule has 0 heterocycles. The fraction of sp³-hybridized carbons (Fsp3) is 0.630. The van der Waals surface area contributed by atoms with Gasteiger partial charge in [-0.25, -0.2) is 0 Å². The normalized spacial score (nSPS) is 15.1. The maximum Gasteiger partial charge on any atom is 0.323 e. The zero-order chi connectivity index (χ0) is 27.4. The highest BCUT2D eigenvalue weighted by Gasteiger charge is 2.24. The van der Waals surface area contributed by atoms with Gasteiger partial charge in [-0.1, -0.05) is 46.6 Å². The fourth-order valence-corrected chi connectivity index (χ4v) is 3.09. The van der Waals surface area contributed by atoms with E-state index in [1.165, 1.54) is 13.0 Å². The summed E-state index contributed by atoms with van der Waals surface area (Å²) in [6.45, 7) is 12.4. The highest BCUT2D eigenvalue weighted by molar-refractivity contribution is 5.77.